The van der Waals surface area contributed by atoms with Gasteiger partial charge in [-0.05, 0) is 18.3 Å². The Kier molecular flexibility index (Phi) is 2.89. The van der Waals surface area contributed by atoms with Crippen molar-refractivity contribution in [3.05, 3.63) is 0 Å². The first-order chi connectivity index (χ1) is 5.54. The Balaban J connectivity index is 2.51. The molecule has 0 aromatic carbocycles. The van der Waals surface area contributed by atoms with Gasteiger partial charge in [-0.15, -0.1) is 0 Å². The van der Waals surface area contributed by atoms with Gasteiger partial charge in [-0.25, -0.2) is 0 Å². The van der Waals surface area contributed by atoms with Crippen LogP contribution in [0.15, 0.2) is 0 Å². The van der Waals surface area contributed by atoms with Crippen LogP contribution in [0.5, 0.6) is 0 Å². The van der Waals surface area contributed by atoms with E-state index < -0.39 is 0 Å². The van der Waals surface area contributed by atoms with E-state index in [1.165, 1.54) is 0 Å². The quantitative estimate of drug-likeness (QED) is 0.563. The normalized spacial score (nSPS) is 31.6. The zero-order valence-electron chi connectivity index (χ0n) is 8.17. The molecule has 0 radical (unpaired) electrons. The van der Waals surface area contributed by atoms with Crippen molar-refractivity contribution >= 4 is 6.29 Å². The van der Waals surface area contributed by atoms with E-state index in [2.05, 4.69) is 20.8 Å². The first kappa shape index (κ1) is 9.72. The molecule has 0 N–H and O–H groups in total. The molecule has 0 bridgehead atoms. The minimum atomic E-state index is 0.168. The lowest BCUT2D eigenvalue weighted by Crippen LogP contribution is -2.36. The first-order valence-corrected chi connectivity index (χ1v) is 4.61. The van der Waals surface area contributed by atoms with E-state index in [0.29, 0.717) is 0 Å². The molecule has 1 fully saturated rings. The summed E-state index contributed by atoms with van der Waals surface area (Å²) in [6.45, 7) is 7.21. The molecule has 70 valence electrons. The van der Waals surface area contributed by atoms with E-state index in [-0.39, 0.29) is 17.4 Å². The molecule has 2 heteroatoms. The molecule has 0 unspecified atom stereocenters. The highest BCUT2D eigenvalue weighted by molar-refractivity contribution is 5.53. The van der Waals surface area contributed by atoms with Crippen molar-refractivity contribution in [1.29, 1.82) is 0 Å². The molecule has 2 nitrogen and oxygen atoms in total. The lowest BCUT2D eigenvalue weighted by atomic mass is 9.81. The first-order valence-electron chi connectivity index (χ1n) is 4.61. The maximum atomic E-state index is 10.6. The summed E-state index contributed by atoms with van der Waals surface area (Å²) in [7, 11) is 0. The number of hydrogen-bond acceptors (Lipinski definition) is 2. The average molecular weight is 170 g/mol. The lowest BCUT2D eigenvalue weighted by Gasteiger charge is -2.35. The van der Waals surface area contributed by atoms with Crippen LogP contribution in [0.25, 0.3) is 0 Å². The predicted molar refractivity (Wildman–Crippen MR) is 48.0 cm³/mol. The van der Waals surface area contributed by atoms with Crippen LogP contribution in [0.2, 0.25) is 0 Å². The number of carbonyl (C=O) groups is 1. The van der Waals surface area contributed by atoms with Crippen molar-refractivity contribution in [1.82, 2.24) is 0 Å². The van der Waals surface area contributed by atoms with Gasteiger partial charge in [-0.2, -0.15) is 0 Å². The summed E-state index contributed by atoms with van der Waals surface area (Å²) in [5.41, 5.74) is 0.168. The van der Waals surface area contributed by atoms with Crippen LogP contribution in [-0.2, 0) is 9.53 Å². The van der Waals surface area contributed by atoms with Gasteiger partial charge < -0.3 is 9.53 Å². The highest BCUT2D eigenvalue weighted by Gasteiger charge is 2.31. The van der Waals surface area contributed by atoms with Crippen LogP contribution in [-0.4, -0.2) is 19.0 Å². The lowest BCUT2D eigenvalue weighted by molar-refractivity contribution is -0.119. The molecular formula is C10H18O2. The summed E-state index contributed by atoms with van der Waals surface area (Å²) in [6, 6.07) is 0. The fourth-order valence-corrected chi connectivity index (χ4v) is 1.55. The molecule has 2 atom stereocenters. The van der Waals surface area contributed by atoms with E-state index >= 15 is 0 Å². The Hall–Kier alpha value is -0.370. The van der Waals surface area contributed by atoms with E-state index in [1.807, 2.05) is 0 Å². The third kappa shape index (κ3) is 2.31. The van der Waals surface area contributed by atoms with E-state index in [0.717, 1.165) is 25.7 Å². The topological polar surface area (TPSA) is 26.3 Å². The zero-order valence-corrected chi connectivity index (χ0v) is 8.17. The van der Waals surface area contributed by atoms with Gasteiger partial charge in [-0.1, -0.05) is 20.8 Å². The van der Waals surface area contributed by atoms with Crippen LogP contribution in [0.1, 0.15) is 33.6 Å². The highest BCUT2D eigenvalue weighted by atomic mass is 16.5. The maximum Gasteiger partial charge on any atom is 0.123 e. The predicted octanol–water partition coefficient (Wildman–Crippen LogP) is 2.03. The van der Waals surface area contributed by atoms with Gasteiger partial charge in [0.1, 0.15) is 6.29 Å². The molecule has 1 saturated heterocycles. The van der Waals surface area contributed by atoms with Crippen molar-refractivity contribution in [2.75, 3.05) is 6.61 Å². The molecule has 1 heterocycles. The third-order valence-corrected chi connectivity index (χ3v) is 2.48. The second-order valence-corrected chi connectivity index (χ2v) is 4.65. The molecule has 0 spiro atoms. The van der Waals surface area contributed by atoms with Crippen molar-refractivity contribution in [2.24, 2.45) is 11.3 Å². The van der Waals surface area contributed by atoms with Gasteiger partial charge in [0.25, 0.3) is 0 Å². The minimum absolute atomic E-state index is 0.168. The van der Waals surface area contributed by atoms with Gasteiger partial charge >= 0.3 is 0 Å². The largest absolute Gasteiger partial charge is 0.378 e. The molecule has 0 aromatic heterocycles. The number of ether oxygens (including phenoxy) is 1. The van der Waals surface area contributed by atoms with Crippen LogP contribution >= 0.6 is 0 Å². The summed E-state index contributed by atoms with van der Waals surface area (Å²) < 4.78 is 5.62. The van der Waals surface area contributed by atoms with Gasteiger partial charge in [0, 0.05) is 12.5 Å². The van der Waals surface area contributed by atoms with E-state index in [9.17, 15) is 4.79 Å². The molecule has 0 aromatic rings. The Labute approximate surface area is 74.3 Å². The zero-order chi connectivity index (χ0) is 9.19. The van der Waals surface area contributed by atoms with Gasteiger partial charge in [0.2, 0.25) is 0 Å². The molecular weight excluding hydrogens is 152 g/mol. The fraction of sp³-hybridized carbons (Fsp3) is 0.900. The fourth-order valence-electron chi connectivity index (χ4n) is 1.55. The molecule has 0 amide bonds. The molecule has 1 rings (SSSR count). The van der Waals surface area contributed by atoms with Crippen LogP contribution < -0.4 is 0 Å². The smallest absolute Gasteiger partial charge is 0.123 e. The number of rotatable bonds is 1. The third-order valence-electron chi connectivity index (χ3n) is 2.48. The molecule has 1 aliphatic heterocycles. The van der Waals surface area contributed by atoms with Gasteiger partial charge in [0.15, 0.2) is 0 Å². The SMILES string of the molecule is CC(C)(C)[C@H]1C[C@@H](C=O)CCO1. The number of carbonyl (C=O) groups excluding carboxylic acids is 1. The molecule has 0 aliphatic carbocycles. The Bertz CT molecular complexity index is 158. The second-order valence-electron chi connectivity index (χ2n) is 4.65. The van der Waals surface area contributed by atoms with Gasteiger partial charge in [-0.3, -0.25) is 0 Å². The molecule has 12 heavy (non-hydrogen) atoms. The Morgan fingerprint density at radius 2 is 2.08 bits per heavy atom. The number of hydrogen-bond donors (Lipinski definition) is 0. The number of aldehydes is 1. The summed E-state index contributed by atoms with van der Waals surface area (Å²) in [6.07, 6.45) is 3.12. The van der Waals surface area contributed by atoms with Crippen molar-refractivity contribution in [3.8, 4) is 0 Å². The van der Waals surface area contributed by atoms with Crippen molar-refractivity contribution in [2.45, 2.75) is 39.7 Å². The van der Waals surface area contributed by atoms with Crippen LogP contribution in [0.4, 0.5) is 0 Å². The minimum Gasteiger partial charge on any atom is -0.378 e. The van der Waals surface area contributed by atoms with Crippen molar-refractivity contribution < 1.29 is 9.53 Å². The standard InChI is InChI=1S/C10H18O2/c1-10(2,3)9-6-8(7-11)4-5-12-9/h7-9H,4-6H2,1-3H3/t8-,9+/m0/s1. The maximum absolute atomic E-state index is 10.6. The van der Waals surface area contributed by atoms with Crippen molar-refractivity contribution in [3.63, 3.8) is 0 Å². The highest BCUT2D eigenvalue weighted by Crippen LogP contribution is 2.31. The van der Waals surface area contributed by atoms with Gasteiger partial charge in [0.05, 0.1) is 6.10 Å². The van der Waals surface area contributed by atoms with E-state index in [4.69, 9.17) is 4.74 Å². The second kappa shape index (κ2) is 3.56. The average Bonchev–Trinajstić information content (AvgIpc) is 2.03. The van der Waals surface area contributed by atoms with Crippen LogP contribution in [0.3, 0.4) is 0 Å². The van der Waals surface area contributed by atoms with E-state index in [1.54, 1.807) is 0 Å². The monoisotopic (exact) mass is 170 g/mol. The molecule has 0 saturated carbocycles. The Morgan fingerprint density at radius 1 is 1.42 bits per heavy atom. The summed E-state index contributed by atoms with van der Waals surface area (Å²) in [5.74, 6) is 0.225. The Morgan fingerprint density at radius 3 is 2.58 bits per heavy atom. The molecule has 1 aliphatic rings. The summed E-state index contributed by atoms with van der Waals surface area (Å²) >= 11 is 0. The summed E-state index contributed by atoms with van der Waals surface area (Å²) in [5, 5.41) is 0. The van der Waals surface area contributed by atoms with Crippen LogP contribution in [0, 0.1) is 11.3 Å². The summed E-state index contributed by atoms with van der Waals surface area (Å²) in [4.78, 5) is 10.6.